The molecular formula is C16H27N3O. The van der Waals surface area contributed by atoms with Gasteiger partial charge in [-0.1, -0.05) is 6.92 Å². The molecule has 2 rings (SSSR count). The maximum atomic E-state index is 11.3. The van der Waals surface area contributed by atoms with Crippen LogP contribution in [0.5, 0.6) is 0 Å². The zero-order chi connectivity index (χ0) is 14.4. The number of carbonyl (C=O) groups is 1. The average Bonchev–Trinajstić information content (AvgIpc) is 2.84. The summed E-state index contributed by atoms with van der Waals surface area (Å²) in [5, 5.41) is 4.38. The van der Waals surface area contributed by atoms with Gasteiger partial charge in [0.15, 0.2) is 0 Å². The molecule has 20 heavy (non-hydrogen) atoms. The van der Waals surface area contributed by atoms with Gasteiger partial charge in [0, 0.05) is 32.1 Å². The van der Waals surface area contributed by atoms with Gasteiger partial charge in [-0.25, -0.2) is 0 Å². The predicted octanol–water partition coefficient (Wildman–Crippen LogP) is 2.66. The molecule has 1 aliphatic rings. The molecule has 0 radical (unpaired) electrons. The number of piperidine rings is 1. The predicted molar refractivity (Wildman–Crippen MR) is 80.7 cm³/mol. The molecule has 4 nitrogen and oxygen atoms in total. The molecule has 1 saturated heterocycles. The maximum Gasteiger partial charge on any atom is 0.132 e. The second-order valence-corrected chi connectivity index (χ2v) is 6.04. The number of hydrogen-bond acceptors (Lipinski definition) is 3. The molecule has 0 unspecified atom stereocenters. The quantitative estimate of drug-likeness (QED) is 0.769. The third-order valence-corrected chi connectivity index (χ3v) is 4.14. The Hall–Kier alpha value is -1.16. The zero-order valence-corrected chi connectivity index (χ0v) is 12.8. The summed E-state index contributed by atoms with van der Waals surface area (Å²) in [6.45, 7) is 8.47. The molecule has 0 saturated carbocycles. The van der Waals surface area contributed by atoms with Crippen LogP contribution in [0.25, 0.3) is 0 Å². The lowest BCUT2D eigenvalue weighted by Crippen LogP contribution is -2.37. The SMILES string of the molecule is CCC(=O)CCCN1CCC[C@@H](Cn2cc(C)cn2)C1. The van der Waals surface area contributed by atoms with E-state index < -0.39 is 0 Å². The van der Waals surface area contributed by atoms with E-state index >= 15 is 0 Å². The van der Waals surface area contributed by atoms with Crippen molar-refractivity contribution in [2.75, 3.05) is 19.6 Å². The van der Waals surface area contributed by atoms with E-state index in [2.05, 4.69) is 27.8 Å². The number of Topliss-reactive ketones (excluding diaryl/α,β-unsaturated/α-hetero) is 1. The molecule has 0 aliphatic carbocycles. The van der Waals surface area contributed by atoms with Crippen LogP contribution in [-0.4, -0.2) is 40.1 Å². The first-order valence-corrected chi connectivity index (χ1v) is 7.90. The fraction of sp³-hybridized carbons (Fsp3) is 0.750. The standard InChI is InChI=1S/C16H27N3O/c1-3-16(20)7-5-9-18-8-4-6-15(12-18)13-19-11-14(2)10-17-19/h10-11,15H,3-9,12-13H2,1-2H3/t15-/m1/s1. The van der Waals surface area contributed by atoms with Gasteiger partial charge in [0.05, 0.1) is 6.20 Å². The van der Waals surface area contributed by atoms with Gasteiger partial charge in [-0.2, -0.15) is 5.10 Å². The monoisotopic (exact) mass is 277 g/mol. The third kappa shape index (κ3) is 4.75. The summed E-state index contributed by atoms with van der Waals surface area (Å²) in [5.41, 5.74) is 1.23. The normalized spacial score (nSPS) is 20.2. The largest absolute Gasteiger partial charge is 0.303 e. The number of carbonyl (C=O) groups excluding carboxylic acids is 1. The fourth-order valence-corrected chi connectivity index (χ4v) is 3.01. The molecule has 2 heterocycles. The van der Waals surface area contributed by atoms with Crippen molar-refractivity contribution in [1.82, 2.24) is 14.7 Å². The van der Waals surface area contributed by atoms with Gasteiger partial charge >= 0.3 is 0 Å². The van der Waals surface area contributed by atoms with Crippen LogP contribution in [0.4, 0.5) is 0 Å². The molecule has 4 heteroatoms. The Bertz CT molecular complexity index is 427. The van der Waals surface area contributed by atoms with Gasteiger partial charge in [0.2, 0.25) is 0 Å². The Morgan fingerprint density at radius 3 is 3.05 bits per heavy atom. The van der Waals surface area contributed by atoms with Gasteiger partial charge < -0.3 is 4.90 Å². The highest BCUT2D eigenvalue weighted by atomic mass is 16.1. The summed E-state index contributed by atoms with van der Waals surface area (Å²) in [6.07, 6.45) is 9.06. The van der Waals surface area contributed by atoms with Crippen molar-refractivity contribution in [2.24, 2.45) is 5.92 Å². The maximum absolute atomic E-state index is 11.3. The molecule has 1 aromatic heterocycles. The molecule has 0 spiro atoms. The minimum absolute atomic E-state index is 0.394. The zero-order valence-electron chi connectivity index (χ0n) is 12.8. The third-order valence-electron chi connectivity index (χ3n) is 4.14. The number of nitrogens with zero attached hydrogens (tertiary/aromatic N) is 3. The minimum Gasteiger partial charge on any atom is -0.303 e. The topological polar surface area (TPSA) is 38.1 Å². The Labute approximate surface area is 122 Å². The number of aryl methyl sites for hydroxylation is 1. The van der Waals surface area contributed by atoms with Crippen molar-refractivity contribution in [2.45, 2.75) is 52.5 Å². The van der Waals surface area contributed by atoms with Crippen molar-refractivity contribution in [3.05, 3.63) is 18.0 Å². The second kappa shape index (κ2) is 7.58. The smallest absolute Gasteiger partial charge is 0.132 e. The lowest BCUT2D eigenvalue weighted by molar-refractivity contribution is -0.118. The summed E-state index contributed by atoms with van der Waals surface area (Å²) in [5.74, 6) is 1.09. The van der Waals surface area contributed by atoms with Crippen LogP contribution in [0.15, 0.2) is 12.4 Å². The highest BCUT2D eigenvalue weighted by molar-refractivity contribution is 5.77. The number of likely N-dealkylation sites (tertiary alicyclic amines) is 1. The van der Waals surface area contributed by atoms with E-state index in [1.165, 1.54) is 24.9 Å². The first-order valence-electron chi connectivity index (χ1n) is 7.90. The van der Waals surface area contributed by atoms with E-state index in [0.29, 0.717) is 18.1 Å². The van der Waals surface area contributed by atoms with Crippen LogP contribution in [0, 0.1) is 12.8 Å². The highest BCUT2D eigenvalue weighted by Crippen LogP contribution is 2.18. The van der Waals surface area contributed by atoms with Crippen LogP contribution in [0.3, 0.4) is 0 Å². The van der Waals surface area contributed by atoms with Crippen LogP contribution < -0.4 is 0 Å². The lowest BCUT2D eigenvalue weighted by atomic mass is 9.97. The van der Waals surface area contributed by atoms with Crippen LogP contribution in [0.1, 0.15) is 44.6 Å². The van der Waals surface area contributed by atoms with Gasteiger partial charge in [-0.3, -0.25) is 9.48 Å². The van der Waals surface area contributed by atoms with Gasteiger partial charge in [-0.05, 0) is 50.8 Å². The first kappa shape index (κ1) is 15.2. The van der Waals surface area contributed by atoms with E-state index in [4.69, 9.17) is 0 Å². The molecule has 1 aliphatic heterocycles. The number of rotatable bonds is 7. The van der Waals surface area contributed by atoms with Crippen molar-refractivity contribution in [3.63, 3.8) is 0 Å². The van der Waals surface area contributed by atoms with Crippen molar-refractivity contribution >= 4 is 5.78 Å². The first-order chi connectivity index (χ1) is 9.67. The van der Waals surface area contributed by atoms with E-state index in [1.807, 2.05) is 13.1 Å². The highest BCUT2D eigenvalue weighted by Gasteiger charge is 2.20. The van der Waals surface area contributed by atoms with E-state index in [1.54, 1.807) is 0 Å². The Balaban J connectivity index is 1.72. The van der Waals surface area contributed by atoms with Crippen molar-refractivity contribution in [3.8, 4) is 0 Å². The molecule has 0 N–H and O–H groups in total. The van der Waals surface area contributed by atoms with Gasteiger partial charge in [0.25, 0.3) is 0 Å². The Morgan fingerprint density at radius 1 is 1.50 bits per heavy atom. The van der Waals surface area contributed by atoms with E-state index in [9.17, 15) is 4.79 Å². The number of aromatic nitrogens is 2. The second-order valence-electron chi connectivity index (χ2n) is 6.04. The Kier molecular flexibility index (Phi) is 5.77. The average molecular weight is 277 g/mol. The molecular weight excluding hydrogens is 250 g/mol. The molecule has 112 valence electrons. The summed E-state index contributed by atoms with van der Waals surface area (Å²) in [7, 11) is 0. The summed E-state index contributed by atoms with van der Waals surface area (Å²) >= 11 is 0. The molecule has 1 atom stereocenters. The molecule has 0 aromatic carbocycles. The minimum atomic E-state index is 0.394. The molecule has 1 fully saturated rings. The van der Waals surface area contributed by atoms with Gasteiger partial charge in [-0.15, -0.1) is 0 Å². The van der Waals surface area contributed by atoms with E-state index in [0.717, 1.165) is 32.5 Å². The van der Waals surface area contributed by atoms with Crippen molar-refractivity contribution in [1.29, 1.82) is 0 Å². The van der Waals surface area contributed by atoms with Crippen LogP contribution in [0.2, 0.25) is 0 Å². The molecule has 0 bridgehead atoms. The summed E-state index contributed by atoms with van der Waals surface area (Å²) in [6, 6.07) is 0. The lowest BCUT2D eigenvalue weighted by Gasteiger charge is -2.32. The summed E-state index contributed by atoms with van der Waals surface area (Å²) in [4.78, 5) is 13.9. The number of hydrogen-bond donors (Lipinski definition) is 0. The summed E-state index contributed by atoms with van der Waals surface area (Å²) < 4.78 is 2.07. The van der Waals surface area contributed by atoms with Crippen molar-refractivity contribution < 1.29 is 4.79 Å². The number of ketones is 1. The van der Waals surface area contributed by atoms with E-state index in [-0.39, 0.29) is 0 Å². The Morgan fingerprint density at radius 2 is 2.35 bits per heavy atom. The molecule has 1 aromatic rings. The van der Waals surface area contributed by atoms with Crippen LogP contribution in [-0.2, 0) is 11.3 Å². The van der Waals surface area contributed by atoms with Gasteiger partial charge in [0.1, 0.15) is 5.78 Å². The fourth-order valence-electron chi connectivity index (χ4n) is 3.01. The molecule has 0 amide bonds. The van der Waals surface area contributed by atoms with Crippen LogP contribution >= 0.6 is 0 Å².